The van der Waals surface area contributed by atoms with Crippen LogP contribution < -0.4 is 5.32 Å². The molecule has 1 aromatic heterocycles. The fraction of sp³-hybridized carbons (Fsp3) is 0.750. The molecule has 7 heteroatoms. The predicted octanol–water partition coefficient (Wildman–Crippen LogP) is 1.74. The van der Waals surface area contributed by atoms with E-state index < -0.39 is 0 Å². The van der Waals surface area contributed by atoms with Crippen molar-refractivity contribution in [2.75, 3.05) is 51.8 Å². The smallest absolute Gasteiger partial charge is 0.240 e. The number of anilines is 1. The maximum Gasteiger partial charge on any atom is 0.240 e. The van der Waals surface area contributed by atoms with Gasteiger partial charge in [-0.25, -0.2) is 4.98 Å². The second-order valence-electron chi connectivity index (χ2n) is 6.03. The van der Waals surface area contributed by atoms with Crippen molar-refractivity contribution in [3.63, 3.8) is 0 Å². The highest BCUT2D eigenvalue weighted by Gasteiger charge is 2.26. The standard InChI is InChI=1S/C16H28N4O2S/c1-5-14-10-19(6-7-20(14)8-9-22-4)11-15(21)18-16-17-12(2)13(3)23-16/h14H,5-11H2,1-4H3,(H,17,18,21). The summed E-state index contributed by atoms with van der Waals surface area (Å²) in [6.45, 7) is 11.2. The molecule has 1 aromatic rings. The van der Waals surface area contributed by atoms with Crippen molar-refractivity contribution in [3.8, 4) is 0 Å². The first-order valence-electron chi connectivity index (χ1n) is 8.22. The van der Waals surface area contributed by atoms with Gasteiger partial charge in [-0.15, -0.1) is 11.3 Å². The second-order valence-corrected chi connectivity index (χ2v) is 7.24. The summed E-state index contributed by atoms with van der Waals surface area (Å²) in [5.74, 6) is 0.0268. The van der Waals surface area contributed by atoms with Crippen LogP contribution in [0, 0.1) is 13.8 Å². The number of thiazole rings is 1. The monoisotopic (exact) mass is 340 g/mol. The SMILES string of the molecule is CCC1CN(CC(=O)Nc2nc(C)c(C)s2)CCN1CCOC. The number of hydrogen-bond acceptors (Lipinski definition) is 6. The molecule has 130 valence electrons. The lowest BCUT2D eigenvalue weighted by Gasteiger charge is -2.40. The lowest BCUT2D eigenvalue weighted by Crippen LogP contribution is -2.54. The number of methoxy groups -OCH3 is 1. The summed E-state index contributed by atoms with van der Waals surface area (Å²) in [7, 11) is 1.74. The van der Waals surface area contributed by atoms with Crippen LogP contribution in [-0.2, 0) is 9.53 Å². The van der Waals surface area contributed by atoms with Gasteiger partial charge in [-0.1, -0.05) is 6.92 Å². The van der Waals surface area contributed by atoms with Gasteiger partial charge < -0.3 is 10.1 Å². The van der Waals surface area contributed by atoms with Crippen LogP contribution in [0.2, 0.25) is 0 Å². The van der Waals surface area contributed by atoms with Crippen LogP contribution >= 0.6 is 11.3 Å². The average molecular weight is 340 g/mol. The van der Waals surface area contributed by atoms with Gasteiger partial charge in [0.2, 0.25) is 5.91 Å². The number of carbonyl (C=O) groups is 1. The number of ether oxygens (including phenoxy) is 1. The van der Waals surface area contributed by atoms with Gasteiger partial charge >= 0.3 is 0 Å². The van der Waals surface area contributed by atoms with Gasteiger partial charge in [0.25, 0.3) is 0 Å². The minimum Gasteiger partial charge on any atom is -0.383 e. The van der Waals surface area contributed by atoms with E-state index in [1.165, 1.54) is 11.3 Å². The summed E-state index contributed by atoms with van der Waals surface area (Å²) >= 11 is 1.54. The molecule has 1 N–H and O–H groups in total. The highest BCUT2D eigenvalue weighted by Crippen LogP contribution is 2.21. The number of aromatic nitrogens is 1. The van der Waals surface area contributed by atoms with Gasteiger partial charge in [0.05, 0.1) is 18.8 Å². The van der Waals surface area contributed by atoms with Crippen LogP contribution in [0.3, 0.4) is 0 Å². The summed E-state index contributed by atoms with van der Waals surface area (Å²) in [6.07, 6.45) is 1.09. The van der Waals surface area contributed by atoms with E-state index >= 15 is 0 Å². The van der Waals surface area contributed by atoms with Crippen LogP contribution in [0.5, 0.6) is 0 Å². The molecule has 0 saturated carbocycles. The van der Waals surface area contributed by atoms with Gasteiger partial charge in [-0.3, -0.25) is 14.6 Å². The topological polar surface area (TPSA) is 57.7 Å². The third kappa shape index (κ3) is 5.24. The van der Waals surface area contributed by atoms with Gasteiger partial charge in [0.1, 0.15) is 0 Å². The molecule has 0 spiro atoms. The predicted molar refractivity (Wildman–Crippen MR) is 94.2 cm³/mol. The first-order valence-corrected chi connectivity index (χ1v) is 9.04. The van der Waals surface area contributed by atoms with Gasteiger partial charge in [0, 0.05) is 44.2 Å². The number of piperazine rings is 1. The molecule has 0 radical (unpaired) electrons. The Bertz CT molecular complexity index is 501. The average Bonchev–Trinajstić information content (AvgIpc) is 2.83. The van der Waals surface area contributed by atoms with Crippen molar-refractivity contribution in [3.05, 3.63) is 10.6 Å². The Labute approximate surface area is 142 Å². The van der Waals surface area contributed by atoms with Crippen molar-refractivity contribution in [1.82, 2.24) is 14.8 Å². The van der Waals surface area contributed by atoms with Crippen molar-refractivity contribution < 1.29 is 9.53 Å². The quantitative estimate of drug-likeness (QED) is 0.819. The summed E-state index contributed by atoms with van der Waals surface area (Å²) in [6, 6.07) is 0.496. The molecule has 1 amide bonds. The largest absolute Gasteiger partial charge is 0.383 e. The number of hydrogen-bond donors (Lipinski definition) is 1. The Hall–Kier alpha value is -1.02. The Balaban J connectivity index is 1.82. The van der Waals surface area contributed by atoms with E-state index in [-0.39, 0.29) is 5.91 Å². The van der Waals surface area contributed by atoms with Crippen LogP contribution in [0.1, 0.15) is 23.9 Å². The summed E-state index contributed by atoms with van der Waals surface area (Å²) in [4.78, 5) is 22.4. The minimum atomic E-state index is 0.0268. The summed E-state index contributed by atoms with van der Waals surface area (Å²) in [5, 5.41) is 3.63. The molecule has 2 rings (SSSR count). The molecule has 1 aliphatic rings. The van der Waals surface area contributed by atoms with E-state index in [0.717, 1.165) is 49.8 Å². The molecular weight excluding hydrogens is 312 g/mol. The molecule has 1 unspecified atom stereocenters. The Morgan fingerprint density at radius 3 is 2.83 bits per heavy atom. The third-order valence-electron chi connectivity index (χ3n) is 4.38. The first kappa shape index (κ1) is 18.3. The van der Waals surface area contributed by atoms with Crippen LogP contribution in [0.15, 0.2) is 0 Å². The zero-order chi connectivity index (χ0) is 16.8. The van der Waals surface area contributed by atoms with Crippen molar-refractivity contribution >= 4 is 22.4 Å². The van der Waals surface area contributed by atoms with Crippen LogP contribution in [-0.4, -0.2) is 73.2 Å². The number of nitrogens with zero attached hydrogens (tertiary/aromatic N) is 3. The third-order valence-corrected chi connectivity index (χ3v) is 5.37. The first-order chi connectivity index (χ1) is 11.0. The van der Waals surface area contributed by atoms with Crippen LogP contribution in [0.4, 0.5) is 5.13 Å². The van der Waals surface area contributed by atoms with Crippen molar-refractivity contribution in [1.29, 1.82) is 0 Å². The van der Waals surface area contributed by atoms with Crippen molar-refractivity contribution in [2.24, 2.45) is 0 Å². The van der Waals surface area contributed by atoms with Crippen molar-refractivity contribution in [2.45, 2.75) is 33.2 Å². The minimum absolute atomic E-state index is 0.0268. The lowest BCUT2D eigenvalue weighted by molar-refractivity contribution is -0.118. The Kier molecular flexibility index (Phi) is 6.95. The number of rotatable bonds is 7. The highest BCUT2D eigenvalue weighted by atomic mass is 32.1. The van der Waals surface area contributed by atoms with E-state index in [1.807, 2.05) is 13.8 Å². The Morgan fingerprint density at radius 1 is 1.43 bits per heavy atom. The second kappa shape index (κ2) is 8.73. The number of carbonyl (C=O) groups excluding carboxylic acids is 1. The normalized spacial score (nSPS) is 19.9. The fourth-order valence-electron chi connectivity index (χ4n) is 2.88. The molecule has 6 nitrogen and oxygen atoms in total. The zero-order valence-electron chi connectivity index (χ0n) is 14.6. The van der Waals surface area contributed by atoms with Crippen LogP contribution in [0.25, 0.3) is 0 Å². The molecule has 1 atom stereocenters. The van der Waals surface area contributed by atoms with E-state index in [2.05, 4.69) is 27.0 Å². The zero-order valence-corrected chi connectivity index (χ0v) is 15.4. The Morgan fingerprint density at radius 2 is 2.22 bits per heavy atom. The molecule has 23 heavy (non-hydrogen) atoms. The molecule has 2 heterocycles. The molecule has 0 aromatic carbocycles. The molecular formula is C16H28N4O2S. The molecule has 0 bridgehead atoms. The van der Waals surface area contributed by atoms with Gasteiger partial charge in [-0.2, -0.15) is 0 Å². The summed E-state index contributed by atoms with van der Waals surface area (Å²) in [5.41, 5.74) is 0.989. The van der Waals surface area contributed by atoms with E-state index in [1.54, 1.807) is 7.11 Å². The molecule has 1 fully saturated rings. The number of nitrogens with one attached hydrogen (secondary N) is 1. The maximum absolute atomic E-state index is 12.2. The molecule has 1 saturated heterocycles. The van der Waals surface area contributed by atoms with E-state index in [0.29, 0.717) is 17.7 Å². The molecule has 0 aliphatic carbocycles. The maximum atomic E-state index is 12.2. The van der Waals surface area contributed by atoms with Gasteiger partial charge in [-0.05, 0) is 20.3 Å². The van der Waals surface area contributed by atoms with Gasteiger partial charge in [0.15, 0.2) is 5.13 Å². The van der Waals surface area contributed by atoms with E-state index in [4.69, 9.17) is 4.74 Å². The highest BCUT2D eigenvalue weighted by molar-refractivity contribution is 7.15. The molecule has 1 aliphatic heterocycles. The fourth-order valence-corrected chi connectivity index (χ4v) is 3.71. The lowest BCUT2D eigenvalue weighted by atomic mass is 10.1. The van der Waals surface area contributed by atoms with E-state index in [9.17, 15) is 4.79 Å². The number of amides is 1. The summed E-state index contributed by atoms with van der Waals surface area (Å²) < 4.78 is 5.18. The number of aryl methyl sites for hydroxylation is 2.